The highest BCUT2D eigenvalue weighted by molar-refractivity contribution is 8.01. The SMILES string of the molecule is S=C1CSc2cc(Cl)ccc2N1. The van der Waals surface area contributed by atoms with E-state index >= 15 is 0 Å². The fraction of sp³-hybridized carbons (Fsp3) is 0.125. The average molecular weight is 216 g/mol. The molecule has 4 heteroatoms. The van der Waals surface area contributed by atoms with E-state index in [1.54, 1.807) is 11.8 Å². The van der Waals surface area contributed by atoms with Crippen LogP contribution in [0.15, 0.2) is 23.1 Å². The van der Waals surface area contributed by atoms with Crippen LogP contribution in [0.5, 0.6) is 0 Å². The van der Waals surface area contributed by atoms with Crippen molar-refractivity contribution >= 4 is 46.3 Å². The minimum absolute atomic E-state index is 0.774. The van der Waals surface area contributed by atoms with Crippen molar-refractivity contribution in [2.45, 2.75) is 4.90 Å². The minimum Gasteiger partial charge on any atom is -0.348 e. The monoisotopic (exact) mass is 215 g/mol. The molecule has 0 fully saturated rings. The van der Waals surface area contributed by atoms with Gasteiger partial charge in [0.05, 0.1) is 10.7 Å². The number of hydrogen-bond acceptors (Lipinski definition) is 2. The van der Waals surface area contributed by atoms with Gasteiger partial charge in [0.2, 0.25) is 0 Å². The zero-order valence-electron chi connectivity index (χ0n) is 6.13. The zero-order chi connectivity index (χ0) is 8.55. The van der Waals surface area contributed by atoms with Crippen LogP contribution in [0.1, 0.15) is 0 Å². The molecule has 1 N–H and O–H groups in total. The van der Waals surface area contributed by atoms with Crippen LogP contribution in [0.3, 0.4) is 0 Å². The van der Waals surface area contributed by atoms with Gasteiger partial charge in [-0.15, -0.1) is 11.8 Å². The molecule has 1 aromatic rings. The summed E-state index contributed by atoms with van der Waals surface area (Å²) in [6.07, 6.45) is 0. The maximum Gasteiger partial charge on any atom is 0.0901 e. The standard InChI is InChI=1S/C8H6ClNS2/c9-5-1-2-6-7(3-5)12-4-8(11)10-6/h1-3H,4H2,(H,10,11). The number of halogens is 1. The molecule has 1 aromatic carbocycles. The van der Waals surface area contributed by atoms with Crippen molar-refractivity contribution in [2.75, 3.05) is 11.1 Å². The van der Waals surface area contributed by atoms with Crippen LogP contribution in [0.2, 0.25) is 5.02 Å². The second kappa shape index (κ2) is 3.24. The average Bonchev–Trinajstić information content (AvgIpc) is 2.05. The van der Waals surface area contributed by atoms with Crippen LogP contribution in [0, 0.1) is 0 Å². The van der Waals surface area contributed by atoms with Crippen molar-refractivity contribution in [3.8, 4) is 0 Å². The summed E-state index contributed by atoms with van der Waals surface area (Å²) in [6, 6.07) is 5.77. The third kappa shape index (κ3) is 1.58. The van der Waals surface area contributed by atoms with Crippen molar-refractivity contribution < 1.29 is 0 Å². The highest BCUT2D eigenvalue weighted by Crippen LogP contribution is 2.33. The number of anilines is 1. The molecule has 1 nitrogen and oxygen atoms in total. The lowest BCUT2D eigenvalue weighted by Crippen LogP contribution is -2.16. The molecule has 12 heavy (non-hydrogen) atoms. The van der Waals surface area contributed by atoms with Gasteiger partial charge in [-0.05, 0) is 18.2 Å². The Labute approximate surface area is 85.5 Å². The predicted molar refractivity (Wildman–Crippen MR) is 58.4 cm³/mol. The fourth-order valence-electron chi connectivity index (χ4n) is 1.05. The van der Waals surface area contributed by atoms with Crippen molar-refractivity contribution in [3.05, 3.63) is 23.2 Å². The molecular formula is C8H6ClNS2. The van der Waals surface area contributed by atoms with Gasteiger partial charge in [0.1, 0.15) is 0 Å². The third-order valence-electron chi connectivity index (χ3n) is 1.58. The molecule has 1 heterocycles. The largest absolute Gasteiger partial charge is 0.348 e. The predicted octanol–water partition coefficient (Wildman–Crippen LogP) is 3.19. The van der Waals surface area contributed by atoms with Crippen molar-refractivity contribution in [1.29, 1.82) is 0 Å². The minimum atomic E-state index is 0.774. The summed E-state index contributed by atoms with van der Waals surface area (Å²) in [7, 11) is 0. The van der Waals surface area contributed by atoms with E-state index in [1.165, 1.54) is 4.90 Å². The zero-order valence-corrected chi connectivity index (χ0v) is 8.52. The molecule has 0 aliphatic carbocycles. The molecular weight excluding hydrogens is 210 g/mol. The number of fused-ring (bicyclic) bond motifs is 1. The van der Waals surface area contributed by atoms with E-state index in [0.717, 1.165) is 21.5 Å². The van der Waals surface area contributed by atoms with Gasteiger partial charge in [-0.1, -0.05) is 23.8 Å². The molecule has 0 spiro atoms. The molecule has 0 aromatic heterocycles. The summed E-state index contributed by atoms with van der Waals surface area (Å²) >= 11 is 12.6. The quantitative estimate of drug-likeness (QED) is 0.668. The summed E-state index contributed by atoms with van der Waals surface area (Å²) in [5.41, 5.74) is 1.07. The summed E-state index contributed by atoms with van der Waals surface area (Å²) < 4.78 is 0. The first-order valence-electron chi connectivity index (χ1n) is 3.48. The first-order valence-corrected chi connectivity index (χ1v) is 5.25. The van der Waals surface area contributed by atoms with Gasteiger partial charge in [0.25, 0.3) is 0 Å². The smallest absolute Gasteiger partial charge is 0.0901 e. The maximum atomic E-state index is 5.84. The number of rotatable bonds is 0. The van der Waals surface area contributed by atoms with Gasteiger partial charge in [-0.25, -0.2) is 0 Å². The Hall–Kier alpha value is -0.250. The van der Waals surface area contributed by atoms with Gasteiger partial charge in [0, 0.05) is 15.7 Å². The number of benzene rings is 1. The highest BCUT2D eigenvalue weighted by atomic mass is 35.5. The van der Waals surface area contributed by atoms with Crippen LogP contribution in [-0.4, -0.2) is 10.7 Å². The Kier molecular flexibility index (Phi) is 2.26. The second-order valence-corrected chi connectivity index (χ2v) is 4.42. The van der Waals surface area contributed by atoms with E-state index in [9.17, 15) is 0 Å². The van der Waals surface area contributed by atoms with E-state index in [4.69, 9.17) is 23.8 Å². The lowest BCUT2D eigenvalue weighted by Gasteiger charge is -2.17. The molecule has 0 saturated heterocycles. The van der Waals surface area contributed by atoms with Gasteiger partial charge < -0.3 is 5.32 Å². The maximum absolute atomic E-state index is 5.84. The highest BCUT2D eigenvalue weighted by Gasteiger charge is 2.11. The van der Waals surface area contributed by atoms with Crippen LogP contribution in [-0.2, 0) is 0 Å². The first kappa shape index (κ1) is 8.35. The lowest BCUT2D eigenvalue weighted by molar-refractivity contribution is 1.42. The Bertz CT molecular complexity index is 338. The second-order valence-electron chi connectivity index (χ2n) is 2.48. The van der Waals surface area contributed by atoms with E-state index in [2.05, 4.69) is 5.32 Å². The molecule has 1 aliphatic heterocycles. The Morgan fingerprint density at radius 1 is 1.50 bits per heavy atom. The molecule has 0 saturated carbocycles. The summed E-state index contributed by atoms with van der Waals surface area (Å²) in [5.74, 6) is 0.850. The molecule has 0 amide bonds. The Morgan fingerprint density at radius 3 is 3.17 bits per heavy atom. The van der Waals surface area contributed by atoms with Gasteiger partial charge in [-0.3, -0.25) is 0 Å². The Morgan fingerprint density at radius 2 is 2.33 bits per heavy atom. The molecule has 62 valence electrons. The summed E-state index contributed by atoms with van der Waals surface area (Å²) in [4.78, 5) is 2.06. The van der Waals surface area contributed by atoms with Crippen LogP contribution < -0.4 is 5.32 Å². The molecule has 0 atom stereocenters. The molecule has 1 aliphatic rings. The molecule has 0 bridgehead atoms. The number of nitrogens with one attached hydrogen (secondary N) is 1. The first-order chi connectivity index (χ1) is 5.75. The number of thiocarbonyl (C=S) groups is 1. The number of hydrogen-bond donors (Lipinski definition) is 1. The summed E-state index contributed by atoms with van der Waals surface area (Å²) in [6.45, 7) is 0. The van der Waals surface area contributed by atoms with Crippen LogP contribution in [0.4, 0.5) is 5.69 Å². The van der Waals surface area contributed by atoms with E-state index < -0.39 is 0 Å². The molecule has 0 radical (unpaired) electrons. The third-order valence-corrected chi connectivity index (χ3v) is 3.32. The van der Waals surface area contributed by atoms with Gasteiger partial charge in [0.15, 0.2) is 0 Å². The van der Waals surface area contributed by atoms with Crippen LogP contribution >= 0.6 is 35.6 Å². The normalized spacial score (nSPS) is 15.2. The molecule has 0 unspecified atom stereocenters. The van der Waals surface area contributed by atoms with Gasteiger partial charge >= 0.3 is 0 Å². The Balaban J connectivity index is 2.43. The van der Waals surface area contributed by atoms with Crippen molar-refractivity contribution in [3.63, 3.8) is 0 Å². The van der Waals surface area contributed by atoms with Crippen molar-refractivity contribution in [2.24, 2.45) is 0 Å². The lowest BCUT2D eigenvalue weighted by atomic mass is 10.3. The van der Waals surface area contributed by atoms with E-state index in [1.807, 2.05) is 18.2 Å². The molecule has 2 rings (SSSR count). The van der Waals surface area contributed by atoms with E-state index in [0.29, 0.717) is 0 Å². The topological polar surface area (TPSA) is 12.0 Å². The van der Waals surface area contributed by atoms with Crippen molar-refractivity contribution in [1.82, 2.24) is 0 Å². The van der Waals surface area contributed by atoms with Crippen LogP contribution in [0.25, 0.3) is 0 Å². The van der Waals surface area contributed by atoms with E-state index in [-0.39, 0.29) is 0 Å². The fourth-order valence-corrected chi connectivity index (χ4v) is 2.42. The number of thioether (sulfide) groups is 1. The van der Waals surface area contributed by atoms with Gasteiger partial charge in [-0.2, -0.15) is 0 Å². The summed E-state index contributed by atoms with van der Waals surface area (Å²) in [5, 5.41) is 3.91.